The Morgan fingerprint density at radius 3 is 2.12 bits per heavy atom. The van der Waals surface area contributed by atoms with Gasteiger partial charge in [-0.05, 0) is 36.8 Å². The fourth-order valence-electron chi connectivity index (χ4n) is 2.15. The summed E-state index contributed by atoms with van der Waals surface area (Å²) in [7, 11) is -0.666. The fourth-order valence-corrected chi connectivity index (χ4v) is 3.05. The van der Waals surface area contributed by atoms with Crippen LogP contribution in [0.2, 0.25) is 0 Å². The van der Waals surface area contributed by atoms with Crippen molar-refractivity contribution >= 4 is 15.9 Å². The number of nitriles is 1. The van der Waals surface area contributed by atoms with Gasteiger partial charge in [0.2, 0.25) is 10.0 Å². The molecule has 6 nitrogen and oxygen atoms in total. The molecule has 130 valence electrons. The second-order valence-corrected chi connectivity index (χ2v) is 7.91. The van der Waals surface area contributed by atoms with Crippen LogP contribution in [0.3, 0.4) is 0 Å². The van der Waals surface area contributed by atoms with Crippen LogP contribution >= 0.6 is 0 Å². The first-order chi connectivity index (χ1) is 11.8. The van der Waals surface area contributed by atoms with E-state index in [4.69, 9.17) is 0 Å². The minimum Gasteiger partial charge on any atom is -0.333 e. The van der Waals surface area contributed by atoms with Gasteiger partial charge in [0.05, 0.1) is 11.0 Å². The Balaban J connectivity index is 2.18. The Kier molecular flexibility index (Phi) is 5.57. The molecule has 0 aromatic heterocycles. The Morgan fingerprint density at radius 1 is 1.08 bits per heavy atom. The van der Waals surface area contributed by atoms with Gasteiger partial charge in [0.25, 0.3) is 5.91 Å². The lowest BCUT2D eigenvalue weighted by Crippen LogP contribution is -2.27. The minimum atomic E-state index is -3.54. The number of benzene rings is 2. The van der Waals surface area contributed by atoms with Crippen molar-refractivity contribution in [1.29, 1.82) is 5.26 Å². The van der Waals surface area contributed by atoms with Gasteiger partial charge in [-0.3, -0.25) is 4.79 Å². The standard InChI is InChI=1S/C18H19N3O3S/c1-13-4-6-14(7-5-13)17(12-19)20-18(22)15-8-10-16(11-9-15)25(23,24)21(2)3/h4-11,17H,1-3H3,(H,20,22). The molecule has 2 rings (SSSR count). The van der Waals surface area contributed by atoms with E-state index in [1.807, 2.05) is 19.1 Å². The molecule has 2 aromatic carbocycles. The zero-order valence-corrected chi connectivity index (χ0v) is 15.0. The van der Waals surface area contributed by atoms with E-state index in [9.17, 15) is 18.5 Å². The first-order valence-corrected chi connectivity index (χ1v) is 8.99. The average molecular weight is 357 g/mol. The summed E-state index contributed by atoms with van der Waals surface area (Å²) in [4.78, 5) is 12.4. The molecule has 0 aliphatic rings. The Hall–Kier alpha value is -2.69. The summed E-state index contributed by atoms with van der Waals surface area (Å²) in [5.41, 5.74) is 2.03. The second kappa shape index (κ2) is 7.47. The highest BCUT2D eigenvalue weighted by Crippen LogP contribution is 2.16. The van der Waals surface area contributed by atoms with Crippen molar-refractivity contribution in [1.82, 2.24) is 9.62 Å². The molecular weight excluding hydrogens is 338 g/mol. The molecule has 0 bridgehead atoms. The number of nitrogens with one attached hydrogen (secondary N) is 1. The third-order valence-corrected chi connectivity index (χ3v) is 5.54. The molecule has 0 aliphatic carbocycles. The van der Waals surface area contributed by atoms with Crippen molar-refractivity contribution in [3.63, 3.8) is 0 Å². The van der Waals surface area contributed by atoms with Crippen LogP contribution < -0.4 is 5.32 Å². The van der Waals surface area contributed by atoms with E-state index in [1.54, 1.807) is 12.1 Å². The first kappa shape index (κ1) is 18.6. The molecule has 0 aliphatic heterocycles. The molecule has 0 radical (unpaired) electrons. The normalized spacial score (nSPS) is 12.4. The van der Waals surface area contributed by atoms with Crippen LogP contribution in [0, 0.1) is 18.3 Å². The summed E-state index contributed by atoms with van der Waals surface area (Å²) in [6, 6.07) is 14.2. The number of carbonyl (C=O) groups is 1. The van der Waals surface area contributed by atoms with E-state index in [0.29, 0.717) is 5.56 Å². The molecule has 0 spiro atoms. The molecule has 1 amide bonds. The van der Waals surface area contributed by atoms with Crippen LogP contribution in [-0.4, -0.2) is 32.7 Å². The smallest absolute Gasteiger partial charge is 0.252 e. The molecule has 25 heavy (non-hydrogen) atoms. The van der Waals surface area contributed by atoms with Crippen molar-refractivity contribution in [2.75, 3.05) is 14.1 Å². The fraction of sp³-hybridized carbons (Fsp3) is 0.222. The number of carbonyl (C=O) groups excluding carboxylic acids is 1. The maximum absolute atomic E-state index is 12.3. The van der Waals surface area contributed by atoms with Gasteiger partial charge < -0.3 is 5.32 Å². The maximum atomic E-state index is 12.3. The van der Waals surface area contributed by atoms with Crippen molar-refractivity contribution < 1.29 is 13.2 Å². The van der Waals surface area contributed by atoms with Gasteiger partial charge in [0.1, 0.15) is 6.04 Å². The highest BCUT2D eigenvalue weighted by molar-refractivity contribution is 7.89. The van der Waals surface area contributed by atoms with Gasteiger partial charge >= 0.3 is 0 Å². The molecule has 0 heterocycles. The lowest BCUT2D eigenvalue weighted by atomic mass is 10.1. The summed E-state index contributed by atoms with van der Waals surface area (Å²) in [5.74, 6) is -0.444. The van der Waals surface area contributed by atoms with E-state index >= 15 is 0 Å². The van der Waals surface area contributed by atoms with E-state index < -0.39 is 22.0 Å². The lowest BCUT2D eigenvalue weighted by molar-refractivity contribution is 0.0945. The minimum absolute atomic E-state index is 0.101. The third kappa shape index (κ3) is 4.24. The van der Waals surface area contributed by atoms with Gasteiger partial charge in [0.15, 0.2) is 0 Å². The predicted molar refractivity (Wildman–Crippen MR) is 94.3 cm³/mol. The van der Waals surface area contributed by atoms with Crippen molar-refractivity contribution in [2.24, 2.45) is 0 Å². The number of aryl methyl sites for hydroxylation is 1. The molecule has 0 fully saturated rings. The van der Waals surface area contributed by atoms with E-state index in [-0.39, 0.29) is 10.5 Å². The number of amides is 1. The summed E-state index contributed by atoms with van der Waals surface area (Å²) >= 11 is 0. The van der Waals surface area contributed by atoms with Crippen LogP contribution in [0.5, 0.6) is 0 Å². The molecule has 7 heteroatoms. The van der Waals surface area contributed by atoms with E-state index in [2.05, 4.69) is 11.4 Å². The first-order valence-electron chi connectivity index (χ1n) is 7.55. The number of hydrogen-bond donors (Lipinski definition) is 1. The number of rotatable bonds is 5. The molecule has 1 atom stereocenters. The maximum Gasteiger partial charge on any atom is 0.252 e. The largest absolute Gasteiger partial charge is 0.333 e. The molecule has 1 N–H and O–H groups in total. The van der Waals surface area contributed by atoms with Gasteiger partial charge in [-0.25, -0.2) is 12.7 Å². The number of nitrogens with zero attached hydrogens (tertiary/aromatic N) is 2. The second-order valence-electron chi connectivity index (χ2n) is 5.76. The monoisotopic (exact) mass is 357 g/mol. The lowest BCUT2D eigenvalue weighted by Gasteiger charge is -2.14. The molecule has 0 saturated carbocycles. The third-order valence-electron chi connectivity index (χ3n) is 3.71. The SMILES string of the molecule is Cc1ccc(C(C#N)NC(=O)c2ccc(S(=O)(=O)N(C)C)cc2)cc1. The van der Waals surface area contributed by atoms with Crippen molar-refractivity contribution in [3.05, 3.63) is 65.2 Å². The molecular formula is C18H19N3O3S. The molecule has 2 aromatic rings. The van der Waals surface area contributed by atoms with Crippen molar-refractivity contribution in [3.8, 4) is 6.07 Å². The van der Waals surface area contributed by atoms with Crippen LogP contribution in [-0.2, 0) is 10.0 Å². The molecule has 1 unspecified atom stereocenters. The van der Waals surface area contributed by atoms with Gasteiger partial charge in [-0.2, -0.15) is 5.26 Å². The van der Waals surface area contributed by atoms with Gasteiger partial charge in [-0.15, -0.1) is 0 Å². The van der Waals surface area contributed by atoms with Gasteiger partial charge in [0, 0.05) is 19.7 Å². The van der Waals surface area contributed by atoms with Crippen LogP contribution in [0.15, 0.2) is 53.4 Å². The average Bonchev–Trinajstić information content (AvgIpc) is 2.60. The topological polar surface area (TPSA) is 90.3 Å². The number of hydrogen-bond acceptors (Lipinski definition) is 4. The highest BCUT2D eigenvalue weighted by Gasteiger charge is 2.19. The quantitative estimate of drug-likeness (QED) is 0.888. The summed E-state index contributed by atoms with van der Waals surface area (Å²) in [6.45, 7) is 1.94. The van der Waals surface area contributed by atoms with Gasteiger partial charge in [-0.1, -0.05) is 29.8 Å². The zero-order valence-electron chi connectivity index (χ0n) is 14.2. The Labute approximate surface area is 147 Å². The van der Waals surface area contributed by atoms with Crippen molar-refractivity contribution in [2.45, 2.75) is 17.9 Å². The van der Waals surface area contributed by atoms with E-state index in [1.165, 1.54) is 38.4 Å². The Morgan fingerprint density at radius 2 is 1.64 bits per heavy atom. The summed E-state index contributed by atoms with van der Waals surface area (Å²) in [5, 5.41) is 11.9. The summed E-state index contributed by atoms with van der Waals surface area (Å²) in [6.07, 6.45) is 0. The predicted octanol–water partition coefficient (Wildman–Crippen LogP) is 2.24. The van der Waals surface area contributed by atoms with Crippen LogP contribution in [0.25, 0.3) is 0 Å². The number of sulfonamides is 1. The zero-order chi connectivity index (χ0) is 18.6. The Bertz CT molecular complexity index is 896. The van der Waals surface area contributed by atoms with E-state index in [0.717, 1.165) is 9.87 Å². The molecule has 0 saturated heterocycles. The highest BCUT2D eigenvalue weighted by atomic mass is 32.2. The van der Waals surface area contributed by atoms with Crippen LogP contribution in [0.4, 0.5) is 0 Å². The summed E-state index contributed by atoms with van der Waals surface area (Å²) < 4.78 is 25.2. The van der Waals surface area contributed by atoms with Crippen LogP contribution in [0.1, 0.15) is 27.5 Å².